The third-order valence-electron chi connectivity index (χ3n) is 2.56. The van der Waals surface area contributed by atoms with Gasteiger partial charge in [-0.25, -0.2) is 9.37 Å². The third kappa shape index (κ3) is 3.10. The highest BCUT2D eigenvalue weighted by atomic mass is 19.1. The van der Waals surface area contributed by atoms with Crippen LogP contribution in [0.5, 0.6) is 0 Å². The van der Waals surface area contributed by atoms with Gasteiger partial charge in [0, 0.05) is 13.6 Å². The van der Waals surface area contributed by atoms with Crippen molar-refractivity contribution in [1.82, 2.24) is 19.7 Å². The fourth-order valence-corrected chi connectivity index (χ4v) is 1.71. The van der Waals surface area contributed by atoms with E-state index in [0.29, 0.717) is 13.1 Å². The van der Waals surface area contributed by atoms with Crippen molar-refractivity contribution in [2.24, 2.45) is 7.05 Å². The highest BCUT2D eigenvalue weighted by molar-refractivity contribution is 5.16. The fourth-order valence-electron chi connectivity index (χ4n) is 1.71. The number of halogens is 1. The molecule has 2 aromatic rings. The van der Waals surface area contributed by atoms with Crippen LogP contribution < -0.4 is 0 Å². The van der Waals surface area contributed by atoms with E-state index in [9.17, 15) is 4.39 Å². The maximum absolute atomic E-state index is 13.0. The Hall–Kier alpha value is -1.75. The molecule has 5 heteroatoms. The summed E-state index contributed by atoms with van der Waals surface area (Å²) in [6, 6.07) is 6.64. The van der Waals surface area contributed by atoms with Gasteiger partial charge in [-0.05, 0) is 24.7 Å². The van der Waals surface area contributed by atoms with Gasteiger partial charge in [-0.3, -0.25) is 9.58 Å². The maximum atomic E-state index is 13.0. The van der Waals surface area contributed by atoms with E-state index in [1.54, 1.807) is 16.8 Å². The van der Waals surface area contributed by atoms with E-state index < -0.39 is 0 Å². The first-order chi connectivity index (χ1) is 8.15. The maximum Gasteiger partial charge on any atom is 0.140 e. The summed E-state index contributed by atoms with van der Waals surface area (Å²) in [4.78, 5) is 6.22. The first-order valence-corrected chi connectivity index (χ1v) is 5.41. The summed E-state index contributed by atoms with van der Waals surface area (Å²) in [6.07, 6.45) is 1.53. The summed E-state index contributed by atoms with van der Waals surface area (Å²) in [5.41, 5.74) is 0.953. The van der Waals surface area contributed by atoms with Gasteiger partial charge in [-0.2, -0.15) is 5.10 Å². The molecule has 0 saturated carbocycles. The predicted molar refractivity (Wildman–Crippen MR) is 62.6 cm³/mol. The minimum Gasteiger partial charge on any atom is -0.295 e. The van der Waals surface area contributed by atoms with Crippen LogP contribution in [-0.4, -0.2) is 26.7 Å². The molecule has 90 valence electrons. The van der Waals surface area contributed by atoms with Crippen molar-refractivity contribution >= 4 is 0 Å². The molecule has 0 bridgehead atoms. The SMILES string of the molecule is CN(Cc1cccc(F)c1)Cc1ncnn1C. The van der Waals surface area contributed by atoms with Crippen molar-refractivity contribution in [3.05, 3.63) is 47.8 Å². The lowest BCUT2D eigenvalue weighted by atomic mass is 10.2. The van der Waals surface area contributed by atoms with Crippen LogP contribution in [0.25, 0.3) is 0 Å². The standard InChI is InChI=1S/C12H15FN4/c1-16(8-12-14-9-15-17(12)2)7-10-4-3-5-11(13)6-10/h3-6,9H,7-8H2,1-2H3. The number of aryl methyl sites for hydroxylation is 1. The smallest absolute Gasteiger partial charge is 0.140 e. The van der Waals surface area contributed by atoms with Gasteiger partial charge in [0.05, 0.1) is 6.54 Å². The third-order valence-corrected chi connectivity index (χ3v) is 2.56. The van der Waals surface area contributed by atoms with Crippen LogP contribution in [-0.2, 0) is 20.1 Å². The van der Waals surface area contributed by atoms with Crippen LogP contribution in [0.4, 0.5) is 4.39 Å². The summed E-state index contributed by atoms with van der Waals surface area (Å²) < 4.78 is 14.8. The molecule has 0 amide bonds. The molecule has 2 rings (SSSR count). The Morgan fingerprint density at radius 1 is 1.35 bits per heavy atom. The van der Waals surface area contributed by atoms with Crippen LogP contribution in [0.15, 0.2) is 30.6 Å². The molecule has 0 N–H and O–H groups in total. The molecule has 1 aromatic heterocycles. The van der Waals surface area contributed by atoms with E-state index in [2.05, 4.69) is 15.0 Å². The van der Waals surface area contributed by atoms with E-state index in [1.807, 2.05) is 20.2 Å². The highest BCUT2D eigenvalue weighted by Gasteiger charge is 2.06. The Bertz CT molecular complexity index is 495. The molecule has 0 spiro atoms. The topological polar surface area (TPSA) is 34.0 Å². The molecule has 0 radical (unpaired) electrons. The molecule has 1 aromatic carbocycles. The number of benzene rings is 1. The van der Waals surface area contributed by atoms with Crippen LogP contribution >= 0.6 is 0 Å². The Morgan fingerprint density at radius 2 is 2.18 bits per heavy atom. The van der Waals surface area contributed by atoms with Crippen molar-refractivity contribution in [3.63, 3.8) is 0 Å². The van der Waals surface area contributed by atoms with Gasteiger partial charge in [-0.1, -0.05) is 12.1 Å². The first kappa shape index (κ1) is 11.7. The second kappa shape index (κ2) is 5.05. The molecule has 1 heterocycles. The van der Waals surface area contributed by atoms with E-state index in [-0.39, 0.29) is 5.82 Å². The Balaban J connectivity index is 1.98. The summed E-state index contributed by atoms with van der Waals surface area (Å²) in [6.45, 7) is 1.37. The van der Waals surface area contributed by atoms with Crippen molar-refractivity contribution < 1.29 is 4.39 Å². The minimum atomic E-state index is -0.199. The number of aromatic nitrogens is 3. The van der Waals surface area contributed by atoms with Crippen LogP contribution in [0, 0.1) is 5.82 Å². The molecule has 0 aliphatic rings. The average Bonchev–Trinajstić information content (AvgIpc) is 2.64. The molecule has 0 saturated heterocycles. The molecule has 0 aliphatic carbocycles. The lowest BCUT2D eigenvalue weighted by Gasteiger charge is -2.15. The molecule has 4 nitrogen and oxygen atoms in total. The zero-order valence-corrected chi connectivity index (χ0v) is 9.97. The Kier molecular flexibility index (Phi) is 3.49. The molecule has 0 fully saturated rings. The molecule has 0 aliphatic heterocycles. The number of hydrogen-bond acceptors (Lipinski definition) is 3. The van der Waals surface area contributed by atoms with Gasteiger partial charge < -0.3 is 0 Å². The monoisotopic (exact) mass is 234 g/mol. The van der Waals surface area contributed by atoms with Crippen LogP contribution in [0.1, 0.15) is 11.4 Å². The first-order valence-electron chi connectivity index (χ1n) is 5.41. The number of rotatable bonds is 4. The fraction of sp³-hybridized carbons (Fsp3) is 0.333. The zero-order valence-electron chi connectivity index (χ0n) is 9.97. The van der Waals surface area contributed by atoms with Gasteiger partial charge in [0.1, 0.15) is 18.0 Å². The molecule has 0 unspecified atom stereocenters. The van der Waals surface area contributed by atoms with E-state index >= 15 is 0 Å². The lowest BCUT2D eigenvalue weighted by molar-refractivity contribution is 0.305. The Labute approximate surface area is 99.7 Å². The molecule has 17 heavy (non-hydrogen) atoms. The molecular formula is C12H15FN4. The second-order valence-corrected chi connectivity index (χ2v) is 4.10. The largest absolute Gasteiger partial charge is 0.295 e. The van der Waals surface area contributed by atoms with Gasteiger partial charge in [0.2, 0.25) is 0 Å². The molecular weight excluding hydrogens is 219 g/mol. The lowest BCUT2D eigenvalue weighted by Crippen LogP contribution is -2.19. The quantitative estimate of drug-likeness (QED) is 0.805. The van der Waals surface area contributed by atoms with Crippen molar-refractivity contribution in [3.8, 4) is 0 Å². The van der Waals surface area contributed by atoms with E-state index in [4.69, 9.17) is 0 Å². The summed E-state index contributed by atoms with van der Waals surface area (Å²) in [5.74, 6) is 0.693. The minimum absolute atomic E-state index is 0.199. The molecule has 0 atom stereocenters. The van der Waals surface area contributed by atoms with Gasteiger partial charge >= 0.3 is 0 Å². The Morgan fingerprint density at radius 3 is 2.82 bits per heavy atom. The van der Waals surface area contributed by atoms with Gasteiger partial charge in [0.25, 0.3) is 0 Å². The van der Waals surface area contributed by atoms with E-state index in [1.165, 1.54) is 12.4 Å². The predicted octanol–water partition coefficient (Wildman–Crippen LogP) is 1.59. The van der Waals surface area contributed by atoms with Gasteiger partial charge in [0.15, 0.2) is 0 Å². The number of hydrogen-bond donors (Lipinski definition) is 0. The van der Waals surface area contributed by atoms with Gasteiger partial charge in [-0.15, -0.1) is 0 Å². The summed E-state index contributed by atoms with van der Waals surface area (Å²) in [5, 5.41) is 4.01. The highest BCUT2D eigenvalue weighted by Crippen LogP contribution is 2.07. The van der Waals surface area contributed by atoms with Crippen molar-refractivity contribution in [2.75, 3.05) is 7.05 Å². The van der Waals surface area contributed by atoms with Crippen LogP contribution in [0.3, 0.4) is 0 Å². The summed E-state index contributed by atoms with van der Waals surface area (Å²) in [7, 11) is 3.83. The van der Waals surface area contributed by atoms with Crippen LogP contribution in [0.2, 0.25) is 0 Å². The zero-order chi connectivity index (χ0) is 12.3. The van der Waals surface area contributed by atoms with Crippen molar-refractivity contribution in [2.45, 2.75) is 13.1 Å². The normalized spacial score (nSPS) is 11.1. The summed E-state index contributed by atoms with van der Waals surface area (Å²) >= 11 is 0. The average molecular weight is 234 g/mol. The van der Waals surface area contributed by atoms with Crippen molar-refractivity contribution in [1.29, 1.82) is 0 Å². The van der Waals surface area contributed by atoms with E-state index in [0.717, 1.165) is 11.4 Å². The second-order valence-electron chi connectivity index (χ2n) is 4.10. The number of nitrogens with zero attached hydrogens (tertiary/aromatic N) is 4.